The lowest BCUT2D eigenvalue weighted by atomic mass is 9.81. The molecule has 140 valence electrons. The normalized spacial score (nSPS) is 31.0. The Kier molecular flexibility index (Phi) is 4.09. The molecule has 1 aromatic carbocycles. The molecular weight excluding hydrogens is 392 g/mol. The first-order chi connectivity index (χ1) is 12.7. The summed E-state index contributed by atoms with van der Waals surface area (Å²) in [6, 6.07) is 3.66. The van der Waals surface area contributed by atoms with Crippen LogP contribution in [0.25, 0.3) is 10.3 Å². The Bertz CT molecular complexity index is 1070. The van der Waals surface area contributed by atoms with E-state index in [1.54, 1.807) is 5.51 Å². The number of benzene rings is 1. The largest absolute Gasteiger partial charge is 0.373 e. The van der Waals surface area contributed by atoms with Gasteiger partial charge in [0, 0.05) is 10.4 Å². The van der Waals surface area contributed by atoms with E-state index in [0.717, 1.165) is 6.07 Å². The first-order valence-corrected chi connectivity index (χ1v) is 9.28. The van der Waals surface area contributed by atoms with Gasteiger partial charge in [-0.2, -0.15) is 0 Å². The molecule has 6 nitrogen and oxygen atoms in total. The van der Waals surface area contributed by atoms with Gasteiger partial charge in [-0.1, -0.05) is 24.4 Å². The lowest BCUT2D eigenvalue weighted by molar-refractivity contribution is -0.0177. The molecule has 1 fully saturated rings. The molecule has 0 bridgehead atoms. The van der Waals surface area contributed by atoms with Crippen LogP contribution in [0.1, 0.15) is 30.0 Å². The fraction of sp³-hybridized carbons (Fsp3) is 0.294. The van der Waals surface area contributed by atoms with E-state index < -0.39 is 34.7 Å². The van der Waals surface area contributed by atoms with E-state index in [2.05, 4.69) is 15.0 Å². The molecule has 0 amide bonds. The van der Waals surface area contributed by atoms with Crippen LogP contribution in [0, 0.1) is 11.6 Å². The van der Waals surface area contributed by atoms with Gasteiger partial charge in [0.15, 0.2) is 17.3 Å². The summed E-state index contributed by atoms with van der Waals surface area (Å²) in [7, 11) is 0. The van der Waals surface area contributed by atoms with Crippen LogP contribution in [0.3, 0.4) is 0 Å². The minimum atomic E-state index is -2.13. The second-order valence-electron chi connectivity index (χ2n) is 6.78. The zero-order chi connectivity index (χ0) is 19.6. The van der Waals surface area contributed by atoms with Crippen molar-refractivity contribution in [2.24, 2.45) is 11.5 Å². The van der Waals surface area contributed by atoms with Gasteiger partial charge in [-0.15, -0.1) is 11.3 Å². The third kappa shape index (κ3) is 2.44. The van der Waals surface area contributed by atoms with Gasteiger partial charge < -0.3 is 16.6 Å². The fourth-order valence-corrected chi connectivity index (χ4v) is 5.11. The van der Waals surface area contributed by atoms with Crippen LogP contribution in [0.15, 0.2) is 30.0 Å². The third-order valence-electron chi connectivity index (χ3n) is 5.20. The number of aromatic nitrogens is 3. The highest BCUT2D eigenvalue weighted by atomic mass is 32.1. The van der Waals surface area contributed by atoms with Gasteiger partial charge in [0.05, 0.1) is 33.3 Å². The predicted octanol–water partition coefficient (Wildman–Crippen LogP) is 1.98. The van der Waals surface area contributed by atoms with E-state index in [-0.39, 0.29) is 10.4 Å². The second kappa shape index (κ2) is 6.01. The number of fused-ring (bicyclic) bond motifs is 1. The molecule has 4 atom stereocenters. The zero-order valence-corrected chi connectivity index (χ0v) is 15.7. The highest BCUT2D eigenvalue weighted by molar-refractivity contribution is 7.80. The van der Waals surface area contributed by atoms with Crippen molar-refractivity contribution in [1.29, 1.82) is 0 Å². The fourth-order valence-electron chi connectivity index (χ4n) is 3.69. The zero-order valence-electron chi connectivity index (χ0n) is 14.1. The van der Waals surface area contributed by atoms with Crippen LogP contribution in [0.2, 0.25) is 0 Å². The summed E-state index contributed by atoms with van der Waals surface area (Å²) in [4.78, 5) is 12.7. The van der Waals surface area contributed by atoms with E-state index in [4.69, 9.17) is 23.7 Å². The predicted molar refractivity (Wildman–Crippen MR) is 101 cm³/mol. The average Bonchev–Trinajstić information content (AvgIpc) is 3.12. The summed E-state index contributed by atoms with van der Waals surface area (Å²) < 4.78 is 28.9. The minimum absolute atomic E-state index is 0.140. The Hall–Kier alpha value is -1.98. The number of hydrogen-bond donors (Lipinski definition) is 3. The van der Waals surface area contributed by atoms with Crippen molar-refractivity contribution in [1.82, 2.24) is 15.0 Å². The number of nitrogens with zero attached hydrogens (tertiary/aromatic N) is 3. The molecule has 3 aromatic rings. The van der Waals surface area contributed by atoms with Crippen LogP contribution in [0.5, 0.6) is 0 Å². The number of thiocarbonyl (C=S) groups is 1. The molecule has 4 rings (SSSR count). The molecule has 1 aliphatic rings. The maximum absolute atomic E-state index is 14.5. The molecular formula is C17H15F2N5OS2. The average molecular weight is 407 g/mol. The number of nitrogens with two attached hydrogens (primary N) is 2. The molecule has 27 heavy (non-hydrogen) atoms. The van der Waals surface area contributed by atoms with Gasteiger partial charge in [0.2, 0.25) is 0 Å². The summed E-state index contributed by atoms with van der Waals surface area (Å²) in [5.74, 6) is -4.15. The van der Waals surface area contributed by atoms with E-state index >= 15 is 0 Å². The summed E-state index contributed by atoms with van der Waals surface area (Å²) in [5, 5.41) is 11.1. The summed E-state index contributed by atoms with van der Waals surface area (Å²) in [5.41, 5.74) is 11.4. The minimum Gasteiger partial charge on any atom is -0.373 e. The highest BCUT2D eigenvalue weighted by Gasteiger charge is 2.63. The van der Waals surface area contributed by atoms with E-state index in [9.17, 15) is 13.9 Å². The van der Waals surface area contributed by atoms with Gasteiger partial charge in [-0.25, -0.2) is 23.7 Å². The Morgan fingerprint density at radius 2 is 1.93 bits per heavy atom. The molecule has 0 aliphatic heterocycles. The molecule has 1 aliphatic carbocycles. The highest BCUT2D eigenvalue weighted by Crippen LogP contribution is 2.52. The molecule has 2 aromatic heterocycles. The Balaban J connectivity index is 1.94. The number of aliphatic hydroxyl groups is 1. The van der Waals surface area contributed by atoms with Crippen molar-refractivity contribution in [2.75, 3.05) is 0 Å². The molecule has 4 unspecified atom stereocenters. The van der Waals surface area contributed by atoms with Crippen molar-refractivity contribution < 1.29 is 13.9 Å². The molecule has 10 heteroatoms. The Labute approximate surface area is 162 Å². The SMILES string of the molecule is CC1(N)C(c2ncnc3ncsc23)C(=S)C(c2cccc(F)c2F)C1(N)O. The topological polar surface area (TPSA) is 111 Å². The standard InChI is InChI=1S/C17H15F2N5OS2/c1-16(20)10(12-14-15(23-5-22-12)24-6-27-14)13(26)9(17(16,21)25)7-3-2-4-8(18)11(7)19/h2-6,9-10,25H,20-21H2,1H3. The van der Waals surface area contributed by atoms with Crippen LogP contribution < -0.4 is 11.5 Å². The summed E-state index contributed by atoms with van der Waals surface area (Å²) in [6.07, 6.45) is 1.32. The van der Waals surface area contributed by atoms with Gasteiger partial charge in [-0.05, 0) is 13.0 Å². The molecule has 5 N–H and O–H groups in total. The number of halogens is 2. The maximum Gasteiger partial charge on any atom is 0.173 e. The van der Waals surface area contributed by atoms with Crippen molar-refractivity contribution in [3.05, 3.63) is 52.9 Å². The van der Waals surface area contributed by atoms with Crippen molar-refractivity contribution >= 4 is 38.8 Å². The maximum atomic E-state index is 14.5. The van der Waals surface area contributed by atoms with Gasteiger partial charge in [0.25, 0.3) is 0 Å². The van der Waals surface area contributed by atoms with Crippen LogP contribution in [0.4, 0.5) is 8.78 Å². The quantitative estimate of drug-likeness (QED) is 0.440. The Morgan fingerprint density at radius 3 is 2.67 bits per heavy atom. The molecule has 1 saturated carbocycles. The van der Waals surface area contributed by atoms with Gasteiger partial charge >= 0.3 is 0 Å². The number of thiazole rings is 1. The summed E-state index contributed by atoms with van der Waals surface area (Å²) in [6.45, 7) is 1.52. The van der Waals surface area contributed by atoms with Crippen molar-refractivity contribution in [3.63, 3.8) is 0 Å². The van der Waals surface area contributed by atoms with Crippen molar-refractivity contribution in [3.8, 4) is 0 Å². The summed E-state index contributed by atoms with van der Waals surface area (Å²) >= 11 is 6.88. The van der Waals surface area contributed by atoms with E-state index in [1.807, 2.05) is 0 Å². The van der Waals surface area contributed by atoms with Gasteiger partial charge in [0.1, 0.15) is 12.1 Å². The molecule has 0 saturated heterocycles. The molecule has 0 radical (unpaired) electrons. The monoisotopic (exact) mass is 407 g/mol. The molecule has 0 spiro atoms. The third-order valence-corrected chi connectivity index (χ3v) is 6.51. The van der Waals surface area contributed by atoms with Crippen LogP contribution in [-0.4, -0.2) is 36.2 Å². The second-order valence-corrected chi connectivity index (χ2v) is 8.11. The van der Waals surface area contributed by atoms with Crippen LogP contribution >= 0.6 is 23.6 Å². The van der Waals surface area contributed by atoms with Crippen LogP contribution in [-0.2, 0) is 0 Å². The van der Waals surface area contributed by atoms with Crippen molar-refractivity contribution in [2.45, 2.75) is 30.0 Å². The van der Waals surface area contributed by atoms with Gasteiger partial charge in [-0.3, -0.25) is 0 Å². The lowest BCUT2D eigenvalue weighted by Crippen LogP contribution is -2.64. The first kappa shape index (κ1) is 18.4. The van der Waals surface area contributed by atoms with E-state index in [1.165, 1.54) is 36.7 Å². The first-order valence-electron chi connectivity index (χ1n) is 7.99. The molecule has 2 heterocycles. The number of rotatable bonds is 2. The lowest BCUT2D eigenvalue weighted by Gasteiger charge is -2.38. The smallest absolute Gasteiger partial charge is 0.173 e. The number of hydrogen-bond acceptors (Lipinski definition) is 8. The van der Waals surface area contributed by atoms with E-state index in [0.29, 0.717) is 16.0 Å². The Morgan fingerprint density at radius 1 is 1.19 bits per heavy atom.